The number of nitrogens with zero attached hydrogens (tertiary/aromatic N) is 2. The zero-order chi connectivity index (χ0) is 20.9. The van der Waals surface area contributed by atoms with Gasteiger partial charge in [-0.2, -0.15) is 0 Å². The topological polar surface area (TPSA) is 53.8 Å². The molecule has 1 aliphatic rings. The van der Waals surface area contributed by atoms with Crippen molar-refractivity contribution in [1.29, 1.82) is 0 Å². The summed E-state index contributed by atoms with van der Waals surface area (Å²) in [4.78, 5) is 30.3. The van der Waals surface area contributed by atoms with E-state index in [9.17, 15) is 9.59 Å². The molecule has 1 amide bonds. The molecule has 0 bridgehead atoms. The maximum atomic E-state index is 13.4. The SMILES string of the molecule is Cc1cc2oc3c(c(=O)c2cc1Cl)[C@@H](c1ccc(Cl)cc1)N(CCN(C)C)C3=O. The number of benzene rings is 2. The van der Waals surface area contributed by atoms with Crippen LogP contribution in [-0.4, -0.2) is 42.9 Å². The summed E-state index contributed by atoms with van der Waals surface area (Å²) in [6.45, 7) is 2.94. The van der Waals surface area contributed by atoms with Crippen LogP contribution >= 0.6 is 23.2 Å². The summed E-state index contributed by atoms with van der Waals surface area (Å²) in [5, 5.41) is 1.45. The van der Waals surface area contributed by atoms with Crippen molar-refractivity contribution in [2.45, 2.75) is 13.0 Å². The van der Waals surface area contributed by atoms with E-state index in [1.54, 1.807) is 29.2 Å². The van der Waals surface area contributed by atoms with Crippen molar-refractivity contribution in [3.05, 3.63) is 79.1 Å². The Hall–Kier alpha value is -2.34. The van der Waals surface area contributed by atoms with Gasteiger partial charge in [0.05, 0.1) is 17.0 Å². The first-order chi connectivity index (χ1) is 13.8. The fraction of sp³-hybridized carbons (Fsp3) is 0.273. The van der Waals surface area contributed by atoms with Gasteiger partial charge in [0.2, 0.25) is 5.76 Å². The van der Waals surface area contributed by atoms with E-state index in [-0.39, 0.29) is 17.1 Å². The molecule has 0 aliphatic carbocycles. The molecule has 2 aromatic carbocycles. The fourth-order valence-electron chi connectivity index (χ4n) is 3.67. The number of hydrogen-bond donors (Lipinski definition) is 0. The number of halogens is 2. The van der Waals surface area contributed by atoms with Crippen LogP contribution in [0, 0.1) is 6.92 Å². The third kappa shape index (κ3) is 3.44. The van der Waals surface area contributed by atoms with E-state index in [1.165, 1.54) is 0 Å². The van der Waals surface area contributed by atoms with Gasteiger partial charge < -0.3 is 14.2 Å². The van der Waals surface area contributed by atoms with Crippen molar-refractivity contribution in [2.75, 3.05) is 27.2 Å². The molecule has 1 atom stereocenters. The smallest absolute Gasteiger partial charge is 0.290 e. The van der Waals surface area contributed by atoms with E-state index in [2.05, 4.69) is 0 Å². The highest BCUT2D eigenvalue weighted by Crippen LogP contribution is 2.38. The molecule has 0 unspecified atom stereocenters. The Kier molecular flexibility index (Phi) is 5.15. The maximum absolute atomic E-state index is 13.4. The predicted molar refractivity (Wildman–Crippen MR) is 115 cm³/mol. The Bertz CT molecular complexity index is 1170. The first-order valence-electron chi connectivity index (χ1n) is 9.26. The van der Waals surface area contributed by atoms with Gasteiger partial charge in [0.25, 0.3) is 5.91 Å². The molecule has 3 aromatic rings. The number of carbonyl (C=O) groups is 1. The molecule has 0 fully saturated rings. The Balaban J connectivity index is 1.96. The van der Waals surface area contributed by atoms with E-state index in [1.807, 2.05) is 38.1 Å². The van der Waals surface area contributed by atoms with Gasteiger partial charge in [0.1, 0.15) is 5.58 Å². The van der Waals surface area contributed by atoms with Crippen LogP contribution in [0.3, 0.4) is 0 Å². The van der Waals surface area contributed by atoms with Gasteiger partial charge in [0, 0.05) is 23.1 Å². The Morgan fingerprint density at radius 1 is 1.10 bits per heavy atom. The summed E-state index contributed by atoms with van der Waals surface area (Å²) >= 11 is 12.3. The highest BCUT2D eigenvalue weighted by molar-refractivity contribution is 6.32. The van der Waals surface area contributed by atoms with E-state index in [0.717, 1.165) is 11.1 Å². The van der Waals surface area contributed by atoms with Gasteiger partial charge in [-0.15, -0.1) is 0 Å². The minimum absolute atomic E-state index is 0.0999. The van der Waals surface area contributed by atoms with Crippen molar-refractivity contribution < 1.29 is 9.21 Å². The minimum Gasteiger partial charge on any atom is -0.450 e. The summed E-state index contributed by atoms with van der Waals surface area (Å²) < 4.78 is 5.96. The largest absolute Gasteiger partial charge is 0.450 e. The summed E-state index contributed by atoms with van der Waals surface area (Å²) in [5.74, 6) is -0.184. The molecule has 0 saturated carbocycles. The van der Waals surface area contributed by atoms with Crippen molar-refractivity contribution >= 4 is 40.1 Å². The zero-order valence-electron chi connectivity index (χ0n) is 16.3. The van der Waals surface area contributed by atoms with Crippen LogP contribution in [0.2, 0.25) is 10.0 Å². The molecule has 7 heteroatoms. The van der Waals surface area contributed by atoms with Crippen LogP contribution in [0.25, 0.3) is 11.0 Å². The Labute approximate surface area is 178 Å². The zero-order valence-corrected chi connectivity index (χ0v) is 17.8. The fourth-order valence-corrected chi connectivity index (χ4v) is 3.96. The molecule has 4 rings (SSSR count). The van der Waals surface area contributed by atoms with Gasteiger partial charge in [-0.25, -0.2) is 0 Å². The molecule has 0 N–H and O–H groups in total. The van der Waals surface area contributed by atoms with E-state index < -0.39 is 6.04 Å². The molecular formula is C22H20Cl2N2O3. The number of hydrogen-bond acceptors (Lipinski definition) is 4. The molecular weight excluding hydrogens is 411 g/mol. The molecule has 1 aromatic heterocycles. The first kappa shape index (κ1) is 20.0. The lowest BCUT2D eigenvalue weighted by molar-refractivity contribution is 0.0716. The summed E-state index contributed by atoms with van der Waals surface area (Å²) in [6, 6.07) is 9.97. The van der Waals surface area contributed by atoms with Crippen LogP contribution in [-0.2, 0) is 0 Å². The molecule has 2 heterocycles. The average Bonchev–Trinajstić information content (AvgIpc) is 2.95. The quantitative estimate of drug-likeness (QED) is 0.610. The number of fused-ring (bicyclic) bond motifs is 2. The second-order valence-electron chi connectivity index (χ2n) is 7.53. The third-order valence-corrected chi connectivity index (χ3v) is 5.88. The number of rotatable bonds is 4. The molecule has 29 heavy (non-hydrogen) atoms. The maximum Gasteiger partial charge on any atom is 0.290 e. The normalized spacial score (nSPS) is 16.1. The monoisotopic (exact) mass is 430 g/mol. The molecule has 150 valence electrons. The molecule has 1 aliphatic heterocycles. The Morgan fingerprint density at radius 3 is 2.45 bits per heavy atom. The van der Waals surface area contributed by atoms with Crippen LogP contribution in [0.1, 0.15) is 33.3 Å². The highest BCUT2D eigenvalue weighted by Gasteiger charge is 2.42. The molecule has 5 nitrogen and oxygen atoms in total. The molecule has 0 spiro atoms. The Morgan fingerprint density at radius 2 is 1.79 bits per heavy atom. The summed E-state index contributed by atoms with van der Waals surface area (Å²) in [5.41, 5.74) is 2.08. The predicted octanol–water partition coefficient (Wildman–Crippen LogP) is 4.52. The van der Waals surface area contributed by atoms with E-state index in [4.69, 9.17) is 27.6 Å². The van der Waals surface area contributed by atoms with Crippen molar-refractivity contribution in [3.63, 3.8) is 0 Å². The molecule has 0 saturated heterocycles. The second kappa shape index (κ2) is 7.48. The summed E-state index contributed by atoms with van der Waals surface area (Å²) in [6.07, 6.45) is 0. The van der Waals surface area contributed by atoms with Crippen LogP contribution in [0.5, 0.6) is 0 Å². The number of aryl methyl sites for hydroxylation is 1. The van der Waals surface area contributed by atoms with Gasteiger partial charge in [-0.1, -0.05) is 35.3 Å². The van der Waals surface area contributed by atoms with Gasteiger partial charge in [0.15, 0.2) is 5.43 Å². The summed E-state index contributed by atoms with van der Waals surface area (Å²) in [7, 11) is 3.88. The lowest BCUT2D eigenvalue weighted by Gasteiger charge is -2.26. The minimum atomic E-state index is -0.532. The second-order valence-corrected chi connectivity index (χ2v) is 8.37. The molecule has 0 radical (unpaired) electrons. The van der Waals surface area contributed by atoms with Gasteiger partial charge in [-0.05, 0) is 56.4 Å². The van der Waals surface area contributed by atoms with Crippen LogP contribution in [0.15, 0.2) is 45.6 Å². The third-order valence-electron chi connectivity index (χ3n) is 5.22. The number of carbonyl (C=O) groups excluding carboxylic acids is 1. The van der Waals surface area contributed by atoms with Crippen molar-refractivity contribution in [2.24, 2.45) is 0 Å². The van der Waals surface area contributed by atoms with E-state index >= 15 is 0 Å². The lowest BCUT2D eigenvalue weighted by Crippen LogP contribution is -2.35. The lowest BCUT2D eigenvalue weighted by atomic mass is 9.98. The van der Waals surface area contributed by atoms with Crippen molar-refractivity contribution in [3.8, 4) is 0 Å². The number of amides is 1. The van der Waals surface area contributed by atoms with Crippen LogP contribution < -0.4 is 5.43 Å². The first-order valence-corrected chi connectivity index (χ1v) is 10.0. The standard InChI is InChI=1S/C22H20Cl2N2O3/c1-12-10-17-15(11-16(12)24)20(27)18-19(13-4-6-14(23)7-5-13)26(9-8-25(2)3)22(28)21(18)29-17/h4-7,10-11,19H,8-9H2,1-3H3/t19-/m1/s1. The van der Waals surface area contributed by atoms with Crippen LogP contribution in [0.4, 0.5) is 0 Å². The van der Waals surface area contributed by atoms with Gasteiger partial charge in [-0.3, -0.25) is 9.59 Å². The van der Waals surface area contributed by atoms with E-state index in [0.29, 0.717) is 39.7 Å². The van der Waals surface area contributed by atoms with Gasteiger partial charge >= 0.3 is 0 Å². The highest BCUT2D eigenvalue weighted by atomic mass is 35.5. The van der Waals surface area contributed by atoms with Crippen molar-refractivity contribution in [1.82, 2.24) is 9.80 Å². The number of likely N-dealkylation sites (N-methyl/N-ethyl adjacent to an activating group) is 1. The average molecular weight is 431 g/mol.